The van der Waals surface area contributed by atoms with Gasteiger partial charge in [0.2, 0.25) is 0 Å². The van der Waals surface area contributed by atoms with Crippen LogP contribution in [0.4, 0.5) is 0 Å². The Bertz CT molecular complexity index is 760. The van der Waals surface area contributed by atoms with E-state index in [2.05, 4.69) is 15.0 Å². The first-order valence-electron chi connectivity index (χ1n) is 8.00. The Kier molecular flexibility index (Phi) is 5.00. The molecule has 7 nitrogen and oxygen atoms in total. The average molecular weight is 328 g/mol. The smallest absolute Gasteiger partial charge is 0.263 e. The van der Waals surface area contributed by atoms with E-state index in [4.69, 9.17) is 4.74 Å². The maximum absolute atomic E-state index is 12.5. The molecule has 0 saturated carbocycles. The molecule has 1 N–H and O–H groups in total. The molecular weight excluding hydrogens is 308 g/mol. The molecule has 0 spiro atoms. The predicted octanol–water partition coefficient (Wildman–Crippen LogP) is 1.29. The summed E-state index contributed by atoms with van der Waals surface area (Å²) in [6.07, 6.45) is 4.75. The highest BCUT2D eigenvalue weighted by Crippen LogP contribution is 2.16. The molecular formula is C17H20N4O3. The molecule has 1 atom stereocenters. The number of carbonyl (C=O) groups is 1. The van der Waals surface area contributed by atoms with Crippen LogP contribution in [0, 0.1) is 6.92 Å². The van der Waals surface area contributed by atoms with Crippen LogP contribution < -0.4 is 5.56 Å². The lowest BCUT2D eigenvalue weighted by Gasteiger charge is -2.32. The minimum atomic E-state index is -0.399. The molecule has 0 bridgehead atoms. The number of hydrogen-bond donors (Lipinski definition) is 1. The van der Waals surface area contributed by atoms with Crippen LogP contribution in [-0.4, -0.2) is 45.0 Å². The van der Waals surface area contributed by atoms with Crippen LogP contribution in [0.2, 0.25) is 0 Å². The van der Waals surface area contributed by atoms with E-state index in [1.165, 1.54) is 6.20 Å². The Labute approximate surface area is 139 Å². The number of rotatable bonds is 4. The lowest BCUT2D eigenvalue weighted by Crippen LogP contribution is -2.44. The van der Waals surface area contributed by atoms with Crippen LogP contribution in [0.5, 0.6) is 0 Å². The lowest BCUT2D eigenvalue weighted by atomic mass is 10.1. The van der Waals surface area contributed by atoms with Crippen LogP contribution in [0.25, 0.3) is 0 Å². The molecule has 7 heteroatoms. The number of pyridine rings is 1. The number of likely N-dealkylation sites (tertiary alicyclic amines) is 1. The number of carbonyl (C=O) groups excluding carboxylic acids is 1. The molecule has 1 saturated heterocycles. The molecule has 1 aliphatic heterocycles. The number of hydrogen-bond acceptors (Lipinski definition) is 5. The second-order valence-corrected chi connectivity index (χ2v) is 5.86. The number of amides is 1. The van der Waals surface area contributed by atoms with Gasteiger partial charge in [-0.1, -0.05) is 6.07 Å². The van der Waals surface area contributed by atoms with E-state index in [9.17, 15) is 9.59 Å². The quantitative estimate of drug-likeness (QED) is 0.914. The van der Waals surface area contributed by atoms with Crippen LogP contribution in [0.1, 0.15) is 34.7 Å². The van der Waals surface area contributed by atoms with Gasteiger partial charge in [-0.2, -0.15) is 0 Å². The molecule has 126 valence electrons. The van der Waals surface area contributed by atoms with Crippen molar-refractivity contribution in [2.45, 2.75) is 32.5 Å². The highest BCUT2D eigenvalue weighted by atomic mass is 16.5. The first-order valence-corrected chi connectivity index (χ1v) is 8.00. The molecule has 1 unspecified atom stereocenters. The fourth-order valence-corrected chi connectivity index (χ4v) is 2.75. The van der Waals surface area contributed by atoms with Crippen molar-refractivity contribution in [1.29, 1.82) is 0 Å². The third-order valence-electron chi connectivity index (χ3n) is 4.02. The number of H-pyrrole nitrogens is 1. The van der Waals surface area contributed by atoms with E-state index >= 15 is 0 Å². The summed E-state index contributed by atoms with van der Waals surface area (Å²) < 4.78 is 5.88. The standard InChI is InChI=1S/C17H20N4O3/c1-12-19-9-15(16(22)20-12)17(23)21-8-4-6-14(10-21)24-11-13-5-2-3-7-18-13/h2-3,5,7,9,14H,4,6,8,10-11H2,1H3,(H,19,20,22). The highest BCUT2D eigenvalue weighted by molar-refractivity contribution is 5.93. The normalized spacial score (nSPS) is 17.7. The largest absolute Gasteiger partial charge is 0.370 e. The van der Waals surface area contributed by atoms with Gasteiger partial charge in [0.15, 0.2) is 0 Å². The Morgan fingerprint density at radius 3 is 3.04 bits per heavy atom. The van der Waals surface area contributed by atoms with Crippen molar-refractivity contribution in [2.24, 2.45) is 0 Å². The summed E-state index contributed by atoms with van der Waals surface area (Å²) in [5.74, 6) is 0.196. The van der Waals surface area contributed by atoms with Crippen molar-refractivity contribution in [3.05, 3.63) is 58.0 Å². The summed E-state index contributed by atoms with van der Waals surface area (Å²) in [6.45, 7) is 3.19. The van der Waals surface area contributed by atoms with Gasteiger partial charge in [0, 0.05) is 25.5 Å². The number of ether oxygens (including phenoxy) is 1. The lowest BCUT2D eigenvalue weighted by molar-refractivity contribution is -0.00791. The van der Waals surface area contributed by atoms with Crippen LogP contribution in [0.15, 0.2) is 35.4 Å². The summed E-state index contributed by atoms with van der Waals surface area (Å²) in [7, 11) is 0. The third-order valence-corrected chi connectivity index (χ3v) is 4.02. The van der Waals surface area contributed by atoms with Crippen molar-refractivity contribution in [3.63, 3.8) is 0 Å². The molecule has 2 aromatic heterocycles. The highest BCUT2D eigenvalue weighted by Gasteiger charge is 2.26. The zero-order valence-electron chi connectivity index (χ0n) is 13.6. The topological polar surface area (TPSA) is 88.2 Å². The van der Waals surface area contributed by atoms with Crippen molar-refractivity contribution in [2.75, 3.05) is 13.1 Å². The average Bonchev–Trinajstić information content (AvgIpc) is 2.61. The summed E-state index contributed by atoms with van der Waals surface area (Å²) in [4.78, 5) is 36.9. The monoisotopic (exact) mass is 328 g/mol. The maximum Gasteiger partial charge on any atom is 0.263 e. The first kappa shape index (κ1) is 16.3. The van der Waals surface area contributed by atoms with Crippen molar-refractivity contribution < 1.29 is 9.53 Å². The molecule has 0 aromatic carbocycles. The first-order chi connectivity index (χ1) is 11.6. The minimum absolute atomic E-state index is 0.0535. The van der Waals surface area contributed by atoms with Crippen LogP contribution in [0.3, 0.4) is 0 Å². The Hall–Kier alpha value is -2.54. The van der Waals surface area contributed by atoms with Crippen LogP contribution >= 0.6 is 0 Å². The number of nitrogens with one attached hydrogen (secondary N) is 1. The second-order valence-electron chi connectivity index (χ2n) is 5.86. The molecule has 1 aliphatic rings. The van der Waals surface area contributed by atoms with Gasteiger partial charge in [-0.15, -0.1) is 0 Å². The molecule has 2 aromatic rings. The summed E-state index contributed by atoms with van der Waals surface area (Å²) in [5, 5.41) is 0. The fraction of sp³-hybridized carbons (Fsp3) is 0.412. The molecule has 0 radical (unpaired) electrons. The van der Waals surface area contributed by atoms with Gasteiger partial charge in [0.05, 0.1) is 18.4 Å². The zero-order valence-corrected chi connectivity index (χ0v) is 13.6. The molecule has 3 rings (SSSR count). The number of aryl methyl sites for hydroxylation is 1. The van der Waals surface area contributed by atoms with Crippen molar-refractivity contribution in [1.82, 2.24) is 19.9 Å². The van der Waals surface area contributed by atoms with Gasteiger partial charge in [-0.3, -0.25) is 14.6 Å². The molecule has 3 heterocycles. The van der Waals surface area contributed by atoms with E-state index in [-0.39, 0.29) is 17.6 Å². The number of nitrogens with zero attached hydrogens (tertiary/aromatic N) is 3. The molecule has 1 amide bonds. The summed E-state index contributed by atoms with van der Waals surface area (Å²) >= 11 is 0. The van der Waals surface area contributed by atoms with E-state index in [0.29, 0.717) is 25.5 Å². The second kappa shape index (κ2) is 7.35. The SMILES string of the molecule is Cc1ncc(C(=O)N2CCCC(OCc3ccccn3)C2)c(=O)[nH]1. The molecule has 0 aliphatic carbocycles. The number of aromatic amines is 1. The number of aromatic nitrogens is 3. The van der Waals surface area contributed by atoms with Crippen LogP contribution in [-0.2, 0) is 11.3 Å². The maximum atomic E-state index is 12.5. The minimum Gasteiger partial charge on any atom is -0.370 e. The zero-order chi connectivity index (χ0) is 16.9. The van der Waals surface area contributed by atoms with E-state index in [0.717, 1.165) is 18.5 Å². The van der Waals surface area contributed by atoms with E-state index < -0.39 is 5.56 Å². The van der Waals surface area contributed by atoms with Gasteiger partial charge in [-0.25, -0.2) is 4.98 Å². The van der Waals surface area contributed by atoms with E-state index in [1.54, 1.807) is 18.0 Å². The summed E-state index contributed by atoms with van der Waals surface area (Å²) in [6, 6.07) is 5.68. The Morgan fingerprint density at radius 2 is 2.29 bits per heavy atom. The van der Waals surface area contributed by atoms with Gasteiger partial charge < -0.3 is 14.6 Å². The molecule has 1 fully saturated rings. The fourth-order valence-electron chi connectivity index (χ4n) is 2.75. The Morgan fingerprint density at radius 1 is 1.42 bits per heavy atom. The van der Waals surface area contributed by atoms with Gasteiger partial charge in [0.1, 0.15) is 11.4 Å². The third kappa shape index (κ3) is 3.86. The van der Waals surface area contributed by atoms with Gasteiger partial charge >= 0.3 is 0 Å². The molecule has 24 heavy (non-hydrogen) atoms. The van der Waals surface area contributed by atoms with Crippen molar-refractivity contribution >= 4 is 5.91 Å². The number of piperidine rings is 1. The predicted molar refractivity (Wildman–Crippen MR) is 87.5 cm³/mol. The van der Waals surface area contributed by atoms with Crippen molar-refractivity contribution in [3.8, 4) is 0 Å². The van der Waals surface area contributed by atoms with Gasteiger partial charge in [-0.05, 0) is 31.9 Å². The summed E-state index contributed by atoms with van der Waals surface area (Å²) in [5.41, 5.74) is 0.537. The van der Waals surface area contributed by atoms with Gasteiger partial charge in [0.25, 0.3) is 11.5 Å². The Balaban J connectivity index is 1.62. The van der Waals surface area contributed by atoms with E-state index in [1.807, 2.05) is 18.2 Å².